The van der Waals surface area contributed by atoms with Crippen LogP contribution in [-0.2, 0) is 6.42 Å². The summed E-state index contributed by atoms with van der Waals surface area (Å²) in [4.78, 5) is 0.834. The number of hydrogen-bond acceptors (Lipinski definition) is 3. The fourth-order valence-corrected chi connectivity index (χ4v) is 2.88. The third-order valence-corrected chi connectivity index (χ3v) is 4.47. The van der Waals surface area contributed by atoms with Crippen molar-refractivity contribution >= 4 is 23.2 Å². The van der Waals surface area contributed by atoms with E-state index in [9.17, 15) is 0 Å². The van der Waals surface area contributed by atoms with Gasteiger partial charge in [0.2, 0.25) is 0 Å². The van der Waals surface area contributed by atoms with Crippen LogP contribution in [-0.4, -0.2) is 18.1 Å². The summed E-state index contributed by atoms with van der Waals surface area (Å²) in [6.07, 6.45) is 8.21. The van der Waals surface area contributed by atoms with Crippen LogP contribution in [0.15, 0.2) is 48.5 Å². The maximum atomic E-state index is 5.86. The van der Waals surface area contributed by atoms with Crippen molar-refractivity contribution in [2.75, 3.05) is 13.2 Å². The van der Waals surface area contributed by atoms with E-state index in [-0.39, 0.29) is 0 Å². The van der Waals surface area contributed by atoms with Gasteiger partial charge in [0.05, 0.1) is 13.2 Å². The number of rotatable bonds is 11. The predicted molar refractivity (Wildman–Crippen MR) is 119 cm³/mol. The van der Waals surface area contributed by atoms with Crippen LogP contribution < -0.4 is 9.47 Å². The summed E-state index contributed by atoms with van der Waals surface area (Å²) < 4.78 is 11.6. The van der Waals surface area contributed by atoms with Crippen LogP contribution in [0.3, 0.4) is 0 Å². The van der Waals surface area contributed by atoms with Gasteiger partial charge in [-0.3, -0.25) is 0 Å². The van der Waals surface area contributed by atoms with Crippen LogP contribution in [0.5, 0.6) is 11.5 Å². The highest BCUT2D eigenvalue weighted by Gasteiger charge is 2.06. The van der Waals surface area contributed by atoms with Gasteiger partial charge in [0.1, 0.15) is 0 Å². The molecule has 0 heterocycles. The third kappa shape index (κ3) is 6.84. The summed E-state index contributed by atoms with van der Waals surface area (Å²) in [5.41, 5.74) is 3.48. The number of ether oxygens (including phenoxy) is 2. The molecule has 0 aromatic heterocycles. The van der Waals surface area contributed by atoms with Crippen LogP contribution in [0, 0.1) is 0 Å². The molecule has 2 aromatic carbocycles. The first-order chi connectivity index (χ1) is 13.2. The van der Waals surface area contributed by atoms with Gasteiger partial charge in [0.25, 0.3) is 0 Å². The van der Waals surface area contributed by atoms with E-state index < -0.39 is 0 Å². The topological polar surface area (TPSA) is 18.5 Å². The van der Waals surface area contributed by atoms with Crippen molar-refractivity contribution in [2.45, 2.75) is 46.5 Å². The Kier molecular flexibility index (Phi) is 9.06. The van der Waals surface area contributed by atoms with Crippen molar-refractivity contribution in [2.24, 2.45) is 0 Å². The molecule has 0 fully saturated rings. The molecule has 2 rings (SSSR count). The van der Waals surface area contributed by atoms with Crippen LogP contribution in [0.4, 0.5) is 0 Å². The molecular weight excluding hydrogens is 352 g/mol. The Morgan fingerprint density at radius 3 is 2.15 bits per heavy atom. The molecule has 2 aromatic rings. The zero-order valence-corrected chi connectivity index (χ0v) is 17.5. The van der Waals surface area contributed by atoms with E-state index in [1.165, 1.54) is 5.56 Å². The second-order valence-electron chi connectivity index (χ2n) is 6.55. The molecule has 0 aliphatic rings. The number of benzene rings is 2. The lowest BCUT2D eigenvalue weighted by atomic mass is 10.1. The maximum Gasteiger partial charge on any atom is 0.161 e. The number of thiocarbonyl (C=S) groups is 1. The molecule has 27 heavy (non-hydrogen) atoms. The molecule has 0 aliphatic carbocycles. The molecule has 0 spiro atoms. The quantitative estimate of drug-likeness (QED) is 0.246. The molecule has 0 radical (unpaired) electrons. The van der Waals surface area contributed by atoms with E-state index in [1.54, 1.807) is 0 Å². The van der Waals surface area contributed by atoms with Gasteiger partial charge in [0, 0.05) is 4.86 Å². The summed E-state index contributed by atoms with van der Waals surface area (Å²) in [6, 6.07) is 14.6. The fourth-order valence-electron chi connectivity index (χ4n) is 2.68. The number of aryl methyl sites for hydroxylation is 1. The largest absolute Gasteiger partial charge is 0.490 e. The molecule has 0 amide bonds. The summed E-state index contributed by atoms with van der Waals surface area (Å²) in [5.74, 6) is 1.60. The minimum absolute atomic E-state index is 0.679. The zero-order chi connectivity index (χ0) is 19.5. The molecule has 0 N–H and O–H groups in total. The van der Waals surface area contributed by atoms with Crippen molar-refractivity contribution in [3.8, 4) is 11.5 Å². The van der Waals surface area contributed by atoms with Crippen LogP contribution >= 0.6 is 12.2 Å². The van der Waals surface area contributed by atoms with E-state index in [0.717, 1.165) is 53.2 Å². The van der Waals surface area contributed by atoms with E-state index in [2.05, 4.69) is 45.0 Å². The van der Waals surface area contributed by atoms with Gasteiger partial charge < -0.3 is 9.47 Å². The first kappa shape index (κ1) is 21.2. The van der Waals surface area contributed by atoms with Crippen molar-refractivity contribution in [3.63, 3.8) is 0 Å². The third-order valence-electron chi connectivity index (χ3n) is 4.10. The van der Waals surface area contributed by atoms with Gasteiger partial charge in [0.15, 0.2) is 11.5 Å². The smallest absolute Gasteiger partial charge is 0.161 e. The first-order valence-electron chi connectivity index (χ1n) is 9.88. The summed E-state index contributed by atoms with van der Waals surface area (Å²) >= 11 is 5.57. The first-order valence-corrected chi connectivity index (χ1v) is 10.3. The summed E-state index contributed by atoms with van der Waals surface area (Å²) in [6.45, 7) is 7.76. The Morgan fingerprint density at radius 1 is 0.852 bits per heavy atom. The lowest BCUT2D eigenvalue weighted by Gasteiger charge is -2.12. The molecule has 0 atom stereocenters. The van der Waals surface area contributed by atoms with Gasteiger partial charge in [-0.1, -0.05) is 75.8 Å². The molecule has 0 bridgehead atoms. The molecule has 0 saturated carbocycles. The van der Waals surface area contributed by atoms with E-state index in [0.29, 0.717) is 13.2 Å². The lowest BCUT2D eigenvalue weighted by molar-refractivity contribution is 0.268. The van der Waals surface area contributed by atoms with Gasteiger partial charge in [-0.2, -0.15) is 0 Å². The highest BCUT2D eigenvalue weighted by atomic mass is 32.1. The Balaban J connectivity index is 2.10. The van der Waals surface area contributed by atoms with Crippen molar-refractivity contribution < 1.29 is 9.47 Å². The van der Waals surface area contributed by atoms with Gasteiger partial charge >= 0.3 is 0 Å². The number of hydrogen-bond donors (Lipinski definition) is 0. The highest BCUT2D eigenvalue weighted by Crippen LogP contribution is 2.29. The molecular formula is C24H30O2S. The minimum Gasteiger partial charge on any atom is -0.490 e. The number of allylic oxidation sites excluding steroid dienone is 1. The van der Waals surface area contributed by atoms with Crippen molar-refractivity contribution in [3.05, 3.63) is 65.2 Å². The molecule has 0 aliphatic heterocycles. The molecule has 0 unspecified atom stereocenters. The molecule has 2 nitrogen and oxygen atoms in total. The average molecular weight is 383 g/mol. The Labute approximate surface area is 169 Å². The highest BCUT2D eigenvalue weighted by molar-refractivity contribution is 7.81. The minimum atomic E-state index is 0.679. The van der Waals surface area contributed by atoms with Crippen LogP contribution in [0.25, 0.3) is 6.08 Å². The van der Waals surface area contributed by atoms with E-state index in [1.807, 2.05) is 30.4 Å². The zero-order valence-electron chi connectivity index (χ0n) is 16.7. The van der Waals surface area contributed by atoms with Gasteiger partial charge in [-0.05, 0) is 54.2 Å². The fraction of sp³-hybridized carbons (Fsp3) is 0.375. The monoisotopic (exact) mass is 382 g/mol. The SMILES string of the molecule is CCCOc1ccc(C=CC(=S)c2ccc(CCC)cc2)cc1OCCC. The van der Waals surface area contributed by atoms with Crippen LogP contribution in [0.1, 0.15) is 56.7 Å². The molecule has 0 saturated heterocycles. The standard InChI is InChI=1S/C24H30O2S/c1-4-7-19-8-12-21(13-9-19)24(27)15-11-20-10-14-22(25-16-5-2)23(18-20)26-17-6-3/h8-15,18H,4-7,16-17H2,1-3H3. The van der Waals surface area contributed by atoms with Crippen LogP contribution in [0.2, 0.25) is 0 Å². The van der Waals surface area contributed by atoms with E-state index >= 15 is 0 Å². The second kappa shape index (κ2) is 11.6. The maximum absolute atomic E-state index is 5.86. The normalized spacial score (nSPS) is 10.9. The predicted octanol–water partition coefficient (Wildman–Crippen LogP) is 6.65. The Hall–Kier alpha value is -2.13. The molecule has 144 valence electrons. The second-order valence-corrected chi connectivity index (χ2v) is 6.99. The van der Waals surface area contributed by atoms with Crippen molar-refractivity contribution in [1.29, 1.82) is 0 Å². The van der Waals surface area contributed by atoms with E-state index in [4.69, 9.17) is 21.7 Å². The molecule has 3 heteroatoms. The van der Waals surface area contributed by atoms with Gasteiger partial charge in [-0.25, -0.2) is 0 Å². The summed E-state index contributed by atoms with van der Waals surface area (Å²) in [5, 5.41) is 0. The Morgan fingerprint density at radius 2 is 1.52 bits per heavy atom. The average Bonchev–Trinajstić information content (AvgIpc) is 2.70. The summed E-state index contributed by atoms with van der Waals surface area (Å²) in [7, 11) is 0. The van der Waals surface area contributed by atoms with Gasteiger partial charge in [-0.15, -0.1) is 0 Å². The van der Waals surface area contributed by atoms with Crippen molar-refractivity contribution in [1.82, 2.24) is 0 Å². The Bertz CT molecular complexity index is 747. The lowest BCUT2D eigenvalue weighted by Crippen LogP contribution is -2.01.